The van der Waals surface area contributed by atoms with Gasteiger partial charge in [-0.05, 0) is 55.0 Å². The molecule has 4 heteroatoms. The van der Waals surface area contributed by atoms with Gasteiger partial charge in [0.05, 0.1) is 5.52 Å². The van der Waals surface area contributed by atoms with Crippen molar-refractivity contribution in [1.29, 1.82) is 0 Å². The fraction of sp³-hybridized carbons (Fsp3) is 0.240. The van der Waals surface area contributed by atoms with E-state index in [9.17, 15) is 0 Å². The third kappa shape index (κ3) is 3.83. The minimum Gasteiger partial charge on any atom is -0.356 e. The van der Waals surface area contributed by atoms with Crippen LogP contribution >= 0.6 is 0 Å². The number of aromatic nitrogens is 3. The molecular formula is C25H24N4. The van der Waals surface area contributed by atoms with Gasteiger partial charge in [0.2, 0.25) is 0 Å². The maximum Gasteiger partial charge on any atom is 0.162 e. The van der Waals surface area contributed by atoms with Gasteiger partial charge < -0.3 is 4.90 Å². The molecular weight excluding hydrogens is 356 g/mol. The van der Waals surface area contributed by atoms with Crippen LogP contribution in [0.25, 0.3) is 22.3 Å². The molecule has 4 nitrogen and oxygen atoms in total. The van der Waals surface area contributed by atoms with E-state index in [0.717, 1.165) is 47.1 Å². The van der Waals surface area contributed by atoms with Crippen LogP contribution in [-0.2, 0) is 6.42 Å². The summed E-state index contributed by atoms with van der Waals surface area (Å²) in [6.45, 7) is 2.07. The van der Waals surface area contributed by atoms with Crippen LogP contribution in [0.15, 0.2) is 79.1 Å². The molecule has 0 saturated carbocycles. The Balaban J connectivity index is 1.41. The van der Waals surface area contributed by atoms with Crippen molar-refractivity contribution in [3.63, 3.8) is 0 Å². The number of nitrogens with zero attached hydrogens (tertiary/aromatic N) is 4. The van der Waals surface area contributed by atoms with E-state index in [-0.39, 0.29) is 0 Å². The zero-order valence-corrected chi connectivity index (χ0v) is 16.4. The number of rotatable bonds is 4. The Morgan fingerprint density at radius 1 is 0.793 bits per heavy atom. The number of hydrogen-bond acceptors (Lipinski definition) is 4. The highest BCUT2D eigenvalue weighted by atomic mass is 15.2. The van der Waals surface area contributed by atoms with Gasteiger partial charge in [0.1, 0.15) is 5.82 Å². The predicted molar refractivity (Wildman–Crippen MR) is 118 cm³/mol. The van der Waals surface area contributed by atoms with Gasteiger partial charge in [-0.25, -0.2) is 9.97 Å². The average molecular weight is 380 g/mol. The molecule has 0 amide bonds. The summed E-state index contributed by atoms with van der Waals surface area (Å²) < 4.78 is 0. The Morgan fingerprint density at radius 2 is 1.52 bits per heavy atom. The van der Waals surface area contributed by atoms with E-state index in [1.165, 1.54) is 24.8 Å². The van der Waals surface area contributed by atoms with Crippen molar-refractivity contribution in [2.24, 2.45) is 5.92 Å². The molecule has 0 spiro atoms. The van der Waals surface area contributed by atoms with Gasteiger partial charge in [0.25, 0.3) is 0 Å². The van der Waals surface area contributed by atoms with Gasteiger partial charge in [-0.1, -0.05) is 42.5 Å². The van der Waals surface area contributed by atoms with Crippen molar-refractivity contribution in [2.75, 3.05) is 18.0 Å². The first-order valence-corrected chi connectivity index (χ1v) is 10.3. The Labute approximate surface area is 171 Å². The summed E-state index contributed by atoms with van der Waals surface area (Å²) in [6.07, 6.45) is 7.14. The molecule has 1 aliphatic rings. The van der Waals surface area contributed by atoms with Crippen LogP contribution in [-0.4, -0.2) is 28.0 Å². The van der Waals surface area contributed by atoms with Crippen LogP contribution in [0.5, 0.6) is 0 Å². The number of hydrogen-bond donors (Lipinski definition) is 0. The maximum atomic E-state index is 4.99. The Morgan fingerprint density at radius 3 is 2.31 bits per heavy atom. The second-order valence-electron chi connectivity index (χ2n) is 7.74. The standard InChI is InChI=1S/C25H24N4/c1-2-6-19(7-3-1)18-20-12-16-29(17-13-20)25-22-8-4-5-9-23(22)27-24(28-25)21-10-14-26-15-11-21/h1-11,14-15,20H,12-13,16-18H2. The summed E-state index contributed by atoms with van der Waals surface area (Å²) in [4.78, 5) is 16.4. The van der Waals surface area contributed by atoms with E-state index in [0.29, 0.717) is 0 Å². The van der Waals surface area contributed by atoms with E-state index in [2.05, 4.69) is 58.4 Å². The summed E-state index contributed by atoms with van der Waals surface area (Å²) in [5.41, 5.74) is 3.44. The molecule has 1 saturated heterocycles. The van der Waals surface area contributed by atoms with Gasteiger partial charge >= 0.3 is 0 Å². The number of fused-ring (bicyclic) bond motifs is 1. The second kappa shape index (κ2) is 8.00. The zero-order valence-electron chi connectivity index (χ0n) is 16.4. The number of pyridine rings is 1. The number of benzene rings is 2. The second-order valence-corrected chi connectivity index (χ2v) is 7.74. The Kier molecular flexibility index (Phi) is 4.91. The van der Waals surface area contributed by atoms with E-state index in [4.69, 9.17) is 9.97 Å². The van der Waals surface area contributed by atoms with Crippen molar-refractivity contribution >= 4 is 16.7 Å². The largest absolute Gasteiger partial charge is 0.356 e. The SMILES string of the molecule is c1ccc(CC2CCN(c3nc(-c4ccncc4)nc4ccccc34)CC2)cc1. The molecule has 1 aliphatic heterocycles. The van der Waals surface area contributed by atoms with Crippen molar-refractivity contribution in [1.82, 2.24) is 15.0 Å². The lowest BCUT2D eigenvalue weighted by molar-refractivity contribution is 0.403. The molecule has 0 radical (unpaired) electrons. The molecule has 0 atom stereocenters. The fourth-order valence-electron chi connectivity index (χ4n) is 4.23. The maximum absolute atomic E-state index is 4.99. The third-order valence-electron chi connectivity index (χ3n) is 5.80. The molecule has 1 fully saturated rings. The van der Waals surface area contributed by atoms with Gasteiger partial charge in [0, 0.05) is 36.4 Å². The monoisotopic (exact) mass is 380 g/mol. The molecule has 0 bridgehead atoms. The first-order chi connectivity index (χ1) is 14.4. The van der Waals surface area contributed by atoms with E-state index in [1.807, 2.05) is 18.2 Å². The number of para-hydroxylation sites is 1. The van der Waals surface area contributed by atoms with Crippen molar-refractivity contribution in [2.45, 2.75) is 19.3 Å². The molecule has 2 aromatic carbocycles. The average Bonchev–Trinajstić information content (AvgIpc) is 2.80. The highest BCUT2D eigenvalue weighted by Crippen LogP contribution is 2.31. The van der Waals surface area contributed by atoms with Gasteiger partial charge in [-0.2, -0.15) is 0 Å². The van der Waals surface area contributed by atoms with Crippen LogP contribution in [0, 0.1) is 5.92 Å². The molecule has 0 aliphatic carbocycles. The van der Waals surface area contributed by atoms with Crippen LogP contribution in [0.1, 0.15) is 18.4 Å². The summed E-state index contributed by atoms with van der Waals surface area (Å²) in [7, 11) is 0. The van der Waals surface area contributed by atoms with Crippen molar-refractivity contribution in [3.05, 3.63) is 84.7 Å². The lowest BCUT2D eigenvalue weighted by atomic mass is 9.90. The van der Waals surface area contributed by atoms with Gasteiger partial charge in [0.15, 0.2) is 5.82 Å². The quantitative estimate of drug-likeness (QED) is 0.491. The lowest BCUT2D eigenvalue weighted by Gasteiger charge is -2.33. The smallest absolute Gasteiger partial charge is 0.162 e. The van der Waals surface area contributed by atoms with Crippen LogP contribution < -0.4 is 4.90 Å². The topological polar surface area (TPSA) is 41.9 Å². The van der Waals surface area contributed by atoms with Crippen LogP contribution in [0.4, 0.5) is 5.82 Å². The molecule has 5 rings (SSSR count). The normalized spacial score (nSPS) is 15.0. The summed E-state index contributed by atoms with van der Waals surface area (Å²) in [5, 5.41) is 1.13. The minimum absolute atomic E-state index is 0.737. The fourth-order valence-corrected chi connectivity index (χ4v) is 4.23. The highest BCUT2D eigenvalue weighted by Gasteiger charge is 2.22. The van der Waals surface area contributed by atoms with Crippen molar-refractivity contribution < 1.29 is 0 Å². The van der Waals surface area contributed by atoms with E-state index >= 15 is 0 Å². The molecule has 29 heavy (non-hydrogen) atoms. The zero-order chi connectivity index (χ0) is 19.5. The van der Waals surface area contributed by atoms with Crippen LogP contribution in [0.2, 0.25) is 0 Å². The molecule has 3 heterocycles. The Bertz CT molecular complexity index is 1090. The first-order valence-electron chi connectivity index (χ1n) is 10.3. The third-order valence-corrected chi connectivity index (χ3v) is 5.80. The molecule has 144 valence electrons. The molecule has 0 unspecified atom stereocenters. The number of anilines is 1. The van der Waals surface area contributed by atoms with Crippen molar-refractivity contribution in [3.8, 4) is 11.4 Å². The molecule has 4 aromatic rings. The first kappa shape index (κ1) is 17.8. The van der Waals surface area contributed by atoms with Gasteiger partial charge in [-0.15, -0.1) is 0 Å². The van der Waals surface area contributed by atoms with E-state index < -0.39 is 0 Å². The summed E-state index contributed by atoms with van der Waals surface area (Å²) in [6, 6.07) is 23.1. The Hall–Kier alpha value is -3.27. The lowest BCUT2D eigenvalue weighted by Crippen LogP contribution is -2.35. The predicted octanol–water partition coefficient (Wildman–Crippen LogP) is 5.15. The number of piperidine rings is 1. The minimum atomic E-state index is 0.737. The summed E-state index contributed by atoms with van der Waals surface area (Å²) in [5.74, 6) is 2.56. The molecule has 0 N–H and O–H groups in total. The van der Waals surface area contributed by atoms with Crippen LogP contribution in [0.3, 0.4) is 0 Å². The van der Waals surface area contributed by atoms with E-state index in [1.54, 1.807) is 12.4 Å². The highest BCUT2D eigenvalue weighted by molar-refractivity contribution is 5.91. The molecule has 2 aromatic heterocycles. The van der Waals surface area contributed by atoms with Gasteiger partial charge in [-0.3, -0.25) is 4.98 Å². The summed E-state index contributed by atoms with van der Waals surface area (Å²) >= 11 is 0.